The number of nitrogens with zero attached hydrogens (tertiary/aromatic N) is 1. The quantitative estimate of drug-likeness (QED) is 0.765. The van der Waals surface area contributed by atoms with Crippen LogP contribution in [0.2, 0.25) is 5.02 Å². The number of carbonyl (C=O) groups excluding carboxylic acids is 2. The maximum atomic E-state index is 12.7. The van der Waals surface area contributed by atoms with E-state index in [1.54, 1.807) is 19.1 Å². The predicted octanol–water partition coefficient (Wildman–Crippen LogP) is 3.26. The van der Waals surface area contributed by atoms with Gasteiger partial charge in [-0.05, 0) is 51.8 Å². The van der Waals surface area contributed by atoms with Gasteiger partial charge >= 0.3 is 5.97 Å². The third-order valence-corrected chi connectivity index (χ3v) is 5.15. The number of nitrogens with one attached hydrogen (secondary N) is 1. The van der Waals surface area contributed by atoms with Crippen molar-refractivity contribution < 1.29 is 19.1 Å². The maximum Gasteiger partial charge on any atom is 0.310 e. The van der Waals surface area contributed by atoms with Crippen molar-refractivity contribution in [3.63, 3.8) is 0 Å². The van der Waals surface area contributed by atoms with Gasteiger partial charge in [-0.25, -0.2) is 0 Å². The van der Waals surface area contributed by atoms with Gasteiger partial charge in [0.25, 0.3) is 0 Å². The lowest BCUT2D eigenvalue weighted by Gasteiger charge is -2.35. The normalized spacial score (nSPS) is 18.9. The van der Waals surface area contributed by atoms with E-state index in [4.69, 9.17) is 21.1 Å². The summed E-state index contributed by atoms with van der Waals surface area (Å²) in [5.41, 5.74) is 1.45. The number of rotatable bonds is 6. The van der Waals surface area contributed by atoms with Crippen LogP contribution < -0.4 is 10.1 Å². The summed E-state index contributed by atoms with van der Waals surface area (Å²) in [6, 6.07) is 3.12. The van der Waals surface area contributed by atoms with Gasteiger partial charge in [0.1, 0.15) is 5.75 Å². The van der Waals surface area contributed by atoms with Crippen LogP contribution in [-0.2, 0) is 14.3 Å². The van der Waals surface area contributed by atoms with Crippen molar-refractivity contribution in [2.24, 2.45) is 5.92 Å². The molecule has 7 heteroatoms. The van der Waals surface area contributed by atoms with Crippen molar-refractivity contribution in [3.05, 3.63) is 22.7 Å². The number of benzene rings is 1. The average molecular weight is 383 g/mol. The van der Waals surface area contributed by atoms with E-state index in [9.17, 15) is 9.59 Å². The summed E-state index contributed by atoms with van der Waals surface area (Å²) in [5.74, 6) is 0.0183. The predicted molar refractivity (Wildman–Crippen MR) is 102 cm³/mol. The monoisotopic (exact) mass is 382 g/mol. The summed E-state index contributed by atoms with van der Waals surface area (Å²) in [6.45, 7) is 7.20. The highest BCUT2D eigenvalue weighted by molar-refractivity contribution is 6.31. The first kappa shape index (κ1) is 20.5. The molecule has 1 aliphatic heterocycles. The Balaban J connectivity index is 2.05. The van der Waals surface area contributed by atoms with Crippen molar-refractivity contribution in [1.29, 1.82) is 0 Å². The highest BCUT2D eigenvalue weighted by Gasteiger charge is 2.31. The molecule has 1 amide bonds. The summed E-state index contributed by atoms with van der Waals surface area (Å²) in [7, 11) is 1.54. The Morgan fingerprint density at radius 3 is 2.81 bits per heavy atom. The molecule has 1 aliphatic rings. The van der Waals surface area contributed by atoms with E-state index >= 15 is 0 Å². The molecule has 1 fully saturated rings. The van der Waals surface area contributed by atoms with Crippen molar-refractivity contribution in [2.75, 3.05) is 32.1 Å². The summed E-state index contributed by atoms with van der Waals surface area (Å²) >= 11 is 6.11. The maximum absolute atomic E-state index is 12.7. The van der Waals surface area contributed by atoms with Gasteiger partial charge in [0, 0.05) is 17.6 Å². The fourth-order valence-electron chi connectivity index (χ4n) is 3.14. The molecule has 1 saturated heterocycles. The number of anilines is 1. The molecule has 2 atom stereocenters. The Labute approximate surface area is 159 Å². The SMILES string of the molecule is CCOC(=O)[C@@H]1CCCN([C@@H](C)C(=O)Nc2cc(C)c(Cl)cc2OC)C1. The van der Waals surface area contributed by atoms with Gasteiger partial charge < -0.3 is 14.8 Å². The van der Waals surface area contributed by atoms with E-state index in [1.165, 1.54) is 7.11 Å². The van der Waals surface area contributed by atoms with Gasteiger partial charge in [-0.2, -0.15) is 0 Å². The summed E-state index contributed by atoms with van der Waals surface area (Å²) in [5, 5.41) is 3.50. The molecule has 0 radical (unpaired) electrons. The Bertz CT molecular complexity index is 665. The highest BCUT2D eigenvalue weighted by atomic mass is 35.5. The number of hydrogen-bond donors (Lipinski definition) is 1. The molecular formula is C19H27ClN2O4. The topological polar surface area (TPSA) is 67.9 Å². The van der Waals surface area contributed by atoms with Crippen LogP contribution in [0.15, 0.2) is 12.1 Å². The van der Waals surface area contributed by atoms with Crippen LogP contribution >= 0.6 is 11.6 Å². The molecule has 0 bridgehead atoms. The molecule has 26 heavy (non-hydrogen) atoms. The third kappa shape index (κ3) is 4.89. The molecule has 6 nitrogen and oxygen atoms in total. The van der Waals surface area contributed by atoms with Crippen LogP contribution in [0.5, 0.6) is 5.75 Å². The minimum atomic E-state index is -0.368. The third-order valence-electron chi connectivity index (χ3n) is 4.74. The van der Waals surface area contributed by atoms with Crippen molar-refractivity contribution >= 4 is 29.2 Å². The number of esters is 1. The van der Waals surface area contributed by atoms with E-state index in [0.29, 0.717) is 29.6 Å². The molecule has 0 aliphatic carbocycles. The van der Waals surface area contributed by atoms with Gasteiger partial charge in [-0.1, -0.05) is 11.6 Å². The number of ether oxygens (including phenoxy) is 2. The van der Waals surface area contributed by atoms with Gasteiger partial charge in [0.2, 0.25) is 5.91 Å². The largest absolute Gasteiger partial charge is 0.495 e. The van der Waals surface area contributed by atoms with Crippen LogP contribution in [0, 0.1) is 12.8 Å². The number of carbonyl (C=O) groups is 2. The smallest absolute Gasteiger partial charge is 0.310 e. The van der Waals surface area contributed by atoms with E-state index < -0.39 is 0 Å². The number of aryl methyl sites for hydroxylation is 1. The average Bonchev–Trinajstić information content (AvgIpc) is 2.64. The van der Waals surface area contributed by atoms with E-state index in [2.05, 4.69) is 5.32 Å². The summed E-state index contributed by atoms with van der Waals surface area (Å²) in [6.07, 6.45) is 1.67. The highest BCUT2D eigenvalue weighted by Crippen LogP contribution is 2.31. The molecule has 0 saturated carbocycles. The standard InChI is InChI=1S/C19H27ClN2O4/c1-5-26-19(24)14-7-6-8-22(11-14)13(3)18(23)21-16-9-12(2)15(20)10-17(16)25-4/h9-10,13-14H,5-8,11H2,1-4H3,(H,21,23)/t13-,14+/m0/s1. The lowest BCUT2D eigenvalue weighted by Crippen LogP contribution is -2.48. The van der Waals surface area contributed by atoms with Crippen molar-refractivity contribution in [1.82, 2.24) is 4.90 Å². The summed E-state index contributed by atoms with van der Waals surface area (Å²) < 4.78 is 10.4. The Kier molecular flexibility index (Phi) is 7.29. The molecule has 1 aromatic rings. The zero-order valence-corrected chi connectivity index (χ0v) is 16.6. The molecule has 1 aromatic carbocycles. The zero-order chi connectivity index (χ0) is 19.3. The van der Waals surface area contributed by atoms with Crippen LogP contribution in [0.3, 0.4) is 0 Å². The second-order valence-corrected chi connectivity index (χ2v) is 6.96. The van der Waals surface area contributed by atoms with Gasteiger partial charge in [0.15, 0.2) is 0 Å². The molecule has 1 heterocycles. The first-order valence-electron chi connectivity index (χ1n) is 8.93. The number of piperidine rings is 1. The Hall–Kier alpha value is -1.79. The van der Waals surface area contributed by atoms with Crippen LogP contribution in [0.1, 0.15) is 32.3 Å². The van der Waals surface area contributed by atoms with Crippen molar-refractivity contribution in [2.45, 2.75) is 39.7 Å². The number of likely N-dealkylation sites (tertiary alicyclic amines) is 1. The second kappa shape index (κ2) is 9.24. The second-order valence-electron chi connectivity index (χ2n) is 6.55. The molecule has 1 N–H and O–H groups in total. The molecule has 0 unspecified atom stereocenters. The molecular weight excluding hydrogens is 356 g/mol. The number of halogens is 1. The van der Waals surface area contributed by atoms with E-state index in [0.717, 1.165) is 24.9 Å². The number of hydrogen-bond acceptors (Lipinski definition) is 5. The van der Waals surface area contributed by atoms with Crippen LogP contribution in [-0.4, -0.2) is 49.6 Å². The van der Waals surface area contributed by atoms with E-state index in [1.807, 2.05) is 18.7 Å². The fourth-order valence-corrected chi connectivity index (χ4v) is 3.30. The van der Waals surface area contributed by atoms with Gasteiger partial charge in [0.05, 0.1) is 31.4 Å². The number of methoxy groups -OCH3 is 1. The number of amides is 1. The summed E-state index contributed by atoms with van der Waals surface area (Å²) in [4.78, 5) is 26.7. The molecule has 0 spiro atoms. The van der Waals surface area contributed by atoms with E-state index in [-0.39, 0.29) is 23.8 Å². The minimum Gasteiger partial charge on any atom is -0.495 e. The van der Waals surface area contributed by atoms with Crippen molar-refractivity contribution in [3.8, 4) is 5.75 Å². The fraction of sp³-hybridized carbons (Fsp3) is 0.579. The lowest BCUT2D eigenvalue weighted by molar-refractivity contribution is -0.150. The molecule has 2 rings (SSSR count). The Morgan fingerprint density at radius 2 is 2.15 bits per heavy atom. The molecule has 0 aromatic heterocycles. The van der Waals surface area contributed by atoms with Crippen LogP contribution in [0.25, 0.3) is 0 Å². The van der Waals surface area contributed by atoms with Gasteiger partial charge in [-0.15, -0.1) is 0 Å². The van der Waals surface area contributed by atoms with Crippen LogP contribution in [0.4, 0.5) is 5.69 Å². The zero-order valence-electron chi connectivity index (χ0n) is 15.8. The van der Waals surface area contributed by atoms with Gasteiger partial charge in [-0.3, -0.25) is 14.5 Å². The lowest BCUT2D eigenvalue weighted by atomic mass is 9.97. The Morgan fingerprint density at radius 1 is 1.42 bits per heavy atom. The minimum absolute atomic E-state index is 0.144. The first-order chi connectivity index (χ1) is 12.4. The molecule has 144 valence electrons. The first-order valence-corrected chi connectivity index (χ1v) is 9.30.